The Bertz CT molecular complexity index is 330. The molecule has 0 aromatic rings. The Hall–Kier alpha value is 0.520. The summed E-state index contributed by atoms with van der Waals surface area (Å²) in [5, 5.41) is 0. The van der Waals surface area contributed by atoms with Gasteiger partial charge in [-0.15, -0.1) is 0 Å². The molecule has 0 spiro atoms. The Morgan fingerprint density at radius 3 is 1.39 bits per heavy atom. The second kappa shape index (κ2) is 12.8. The van der Waals surface area contributed by atoms with Crippen molar-refractivity contribution in [3.05, 3.63) is 0 Å². The minimum atomic E-state index is -0.0526. The van der Waals surface area contributed by atoms with Gasteiger partial charge in [-0.3, -0.25) is 9.59 Å². The first kappa shape index (κ1) is 28.3. The lowest BCUT2D eigenvalue weighted by Gasteiger charge is -2.29. The molecule has 23 heavy (non-hydrogen) atoms. The van der Waals surface area contributed by atoms with E-state index >= 15 is 0 Å². The fourth-order valence-corrected chi connectivity index (χ4v) is 2.16. The lowest BCUT2D eigenvalue weighted by Crippen LogP contribution is -3.00. The number of nitrogens with zero attached hydrogens (tertiary/aromatic N) is 3. The van der Waals surface area contributed by atoms with Crippen LogP contribution in [-0.4, -0.2) is 94.0 Å². The largest absolute Gasteiger partial charge is 1.00 e. The van der Waals surface area contributed by atoms with Crippen molar-refractivity contribution in [3.8, 4) is 0 Å². The predicted octanol–water partition coefficient (Wildman–Crippen LogP) is -5.01. The van der Waals surface area contributed by atoms with E-state index < -0.39 is 0 Å². The predicted molar refractivity (Wildman–Crippen MR) is 86.9 cm³/mol. The second-order valence-corrected chi connectivity index (χ2v) is 7.99. The number of Topliss-reactive ketones (excluding diaryl/α,β-unsaturated/α-hetero) is 1. The maximum absolute atomic E-state index is 12.2. The summed E-state index contributed by atoms with van der Waals surface area (Å²) in [4.78, 5) is 25.2. The zero-order chi connectivity index (χ0) is 16.7. The van der Waals surface area contributed by atoms with Gasteiger partial charge in [-0.2, -0.15) is 0 Å². The van der Waals surface area contributed by atoms with Crippen LogP contribution < -0.4 is 48.0 Å². The fraction of sp³-hybridized carbons (Fsp3) is 0.875. The highest BCUT2D eigenvalue weighted by molar-refractivity contribution is 5.96. The van der Waals surface area contributed by atoms with Crippen LogP contribution >= 0.6 is 0 Å². The molecule has 0 unspecified atom stereocenters. The summed E-state index contributed by atoms with van der Waals surface area (Å²) in [6.07, 6.45) is 1.98. The third-order valence-corrected chi connectivity index (χ3v) is 3.27. The van der Waals surface area contributed by atoms with E-state index in [-0.39, 0.29) is 66.1 Å². The highest BCUT2D eigenvalue weighted by atomic mass is 127. The summed E-state index contributed by atoms with van der Waals surface area (Å²) in [6, 6.07) is 0. The van der Waals surface area contributed by atoms with Gasteiger partial charge in [0.2, 0.25) is 5.91 Å². The molecular weight excluding hydrogens is 520 g/mol. The molecule has 0 aliphatic rings. The molecule has 0 aliphatic heterocycles. The average molecular weight is 555 g/mol. The summed E-state index contributed by atoms with van der Waals surface area (Å²) in [6.45, 7) is 5.03. The topological polar surface area (TPSA) is 37.4 Å². The number of amides is 1. The van der Waals surface area contributed by atoms with Crippen LogP contribution in [0.5, 0.6) is 0 Å². The number of carbonyl (C=O) groups excluding carboxylic acids is 2. The monoisotopic (exact) mass is 555 g/mol. The molecule has 0 saturated carbocycles. The molecule has 140 valence electrons. The minimum absolute atomic E-state index is 0. The molecule has 0 aliphatic carbocycles. The summed E-state index contributed by atoms with van der Waals surface area (Å²) in [7, 11) is 12.9. The van der Waals surface area contributed by atoms with Crippen LogP contribution in [0.4, 0.5) is 0 Å². The van der Waals surface area contributed by atoms with Gasteiger partial charge in [-0.1, -0.05) is 0 Å². The number of carbonyl (C=O) groups is 2. The van der Waals surface area contributed by atoms with Gasteiger partial charge in [0.05, 0.1) is 61.8 Å². The van der Waals surface area contributed by atoms with Crippen molar-refractivity contribution < 1.29 is 66.5 Å². The molecule has 0 aromatic heterocycles. The van der Waals surface area contributed by atoms with Crippen molar-refractivity contribution in [2.24, 2.45) is 0 Å². The Kier molecular flexibility index (Phi) is 15.8. The van der Waals surface area contributed by atoms with Gasteiger partial charge in [0.15, 0.2) is 0 Å². The maximum atomic E-state index is 12.2. The number of quaternary nitrogens is 2. The Labute approximate surface area is 177 Å². The summed E-state index contributed by atoms with van der Waals surface area (Å²) in [5.41, 5.74) is 0. The maximum Gasteiger partial charge on any atom is 0.230 e. The standard InChI is InChI=1S/C16H35N3O2.2HI/c1-15(20)14-16(21)17(10-8-12-18(2,3)4)11-9-13-19(5,6)7;;/h8-14H2,1-7H3;2*1H/q+2;;/p-2. The molecule has 0 fully saturated rings. The molecule has 7 heteroatoms. The number of hydrogen-bond donors (Lipinski definition) is 0. The van der Waals surface area contributed by atoms with Crippen molar-refractivity contribution in [1.82, 2.24) is 4.90 Å². The van der Waals surface area contributed by atoms with E-state index in [0.717, 1.165) is 48.0 Å². The van der Waals surface area contributed by atoms with Crippen molar-refractivity contribution in [2.75, 3.05) is 68.5 Å². The van der Waals surface area contributed by atoms with Crippen LogP contribution in [0.25, 0.3) is 0 Å². The molecule has 5 nitrogen and oxygen atoms in total. The normalized spacial score (nSPS) is 11.3. The molecular formula is C16H35I2N3O2. The van der Waals surface area contributed by atoms with E-state index in [9.17, 15) is 9.59 Å². The van der Waals surface area contributed by atoms with Crippen LogP contribution in [-0.2, 0) is 9.59 Å². The third-order valence-electron chi connectivity index (χ3n) is 3.27. The third kappa shape index (κ3) is 18.7. The van der Waals surface area contributed by atoms with Crippen LogP contribution in [0.15, 0.2) is 0 Å². The fourth-order valence-electron chi connectivity index (χ4n) is 2.16. The molecule has 1 amide bonds. The Morgan fingerprint density at radius 2 is 1.13 bits per heavy atom. The van der Waals surface area contributed by atoms with E-state index in [1.165, 1.54) is 6.92 Å². The molecule has 0 heterocycles. The first-order valence-electron chi connectivity index (χ1n) is 7.79. The average Bonchev–Trinajstić information content (AvgIpc) is 2.22. The number of halogens is 2. The SMILES string of the molecule is CC(=O)CC(=O)N(CCC[N+](C)(C)C)CCC[N+](C)(C)C.[I-].[I-]. The first-order chi connectivity index (χ1) is 9.41. The molecule has 0 radical (unpaired) electrons. The quantitative estimate of drug-likeness (QED) is 0.154. The highest BCUT2D eigenvalue weighted by Crippen LogP contribution is 2.04. The lowest BCUT2D eigenvalue weighted by molar-refractivity contribution is -0.870. The molecule has 0 N–H and O–H groups in total. The highest BCUT2D eigenvalue weighted by Gasteiger charge is 2.17. The first-order valence-corrected chi connectivity index (χ1v) is 7.79. The van der Waals surface area contributed by atoms with Crippen molar-refractivity contribution in [2.45, 2.75) is 26.2 Å². The summed E-state index contributed by atoms with van der Waals surface area (Å²) in [5.74, 6) is -0.0754. The van der Waals surface area contributed by atoms with E-state index in [1.54, 1.807) is 0 Å². The zero-order valence-electron chi connectivity index (χ0n) is 15.9. The number of hydrogen-bond acceptors (Lipinski definition) is 2. The second-order valence-electron chi connectivity index (χ2n) is 7.99. The van der Waals surface area contributed by atoms with Gasteiger partial charge >= 0.3 is 0 Å². The van der Waals surface area contributed by atoms with Crippen LogP contribution in [0, 0.1) is 0 Å². The summed E-state index contributed by atoms with van der Waals surface area (Å²) < 4.78 is 1.79. The van der Waals surface area contributed by atoms with Gasteiger partial charge < -0.3 is 61.8 Å². The van der Waals surface area contributed by atoms with E-state index in [1.807, 2.05) is 4.90 Å². The van der Waals surface area contributed by atoms with Crippen LogP contribution in [0.2, 0.25) is 0 Å². The van der Waals surface area contributed by atoms with Gasteiger partial charge in [0, 0.05) is 25.9 Å². The summed E-state index contributed by atoms with van der Waals surface area (Å²) >= 11 is 0. The van der Waals surface area contributed by atoms with E-state index in [0.29, 0.717) is 0 Å². The van der Waals surface area contributed by atoms with Crippen molar-refractivity contribution in [3.63, 3.8) is 0 Å². The van der Waals surface area contributed by atoms with Crippen molar-refractivity contribution in [1.29, 1.82) is 0 Å². The minimum Gasteiger partial charge on any atom is -1.00 e. The number of ketones is 1. The number of rotatable bonds is 10. The van der Waals surface area contributed by atoms with Gasteiger partial charge in [0.1, 0.15) is 5.78 Å². The van der Waals surface area contributed by atoms with E-state index in [2.05, 4.69) is 42.3 Å². The molecule has 0 rings (SSSR count). The zero-order valence-corrected chi connectivity index (χ0v) is 20.2. The van der Waals surface area contributed by atoms with Gasteiger partial charge in [0.25, 0.3) is 0 Å². The van der Waals surface area contributed by atoms with Gasteiger partial charge in [-0.25, -0.2) is 0 Å². The molecule has 0 saturated heterocycles. The van der Waals surface area contributed by atoms with E-state index in [4.69, 9.17) is 0 Å². The van der Waals surface area contributed by atoms with Crippen LogP contribution in [0.3, 0.4) is 0 Å². The van der Waals surface area contributed by atoms with Crippen LogP contribution in [0.1, 0.15) is 26.2 Å². The molecule has 0 atom stereocenters. The molecule has 0 aromatic carbocycles. The lowest BCUT2D eigenvalue weighted by atomic mass is 10.2. The molecule has 0 bridgehead atoms. The smallest absolute Gasteiger partial charge is 0.230 e. The van der Waals surface area contributed by atoms with Gasteiger partial charge in [-0.05, 0) is 6.92 Å². The Morgan fingerprint density at radius 1 is 0.783 bits per heavy atom. The van der Waals surface area contributed by atoms with Crippen molar-refractivity contribution >= 4 is 11.7 Å². The Balaban J connectivity index is -0.00000200.